The summed E-state index contributed by atoms with van der Waals surface area (Å²) in [6.45, 7) is 6.65. The Hall–Kier alpha value is -3.53. The number of halogens is 3. The number of urea groups is 1. The molecule has 4 rings (SSSR count). The van der Waals surface area contributed by atoms with Gasteiger partial charge in [-0.15, -0.1) is 0 Å². The maximum Gasteiger partial charge on any atom is 0.416 e. The number of rotatable bonds is 7. The fraction of sp³-hybridized carbons (Fsp3) is 0.407. The lowest BCUT2D eigenvalue weighted by Crippen LogP contribution is -2.53. The number of alkyl halides is 3. The van der Waals surface area contributed by atoms with Crippen molar-refractivity contribution in [1.29, 1.82) is 0 Å². The van der Waals surface area contributed by atoms with Crippen LogP contribution in [0.2, 0.25) is 0 Å². The van der Waals surface area contributed by atoms with E-state index < -0.39 is 23.8 Å². The number of anilines is 1. The van der Waals surface area contributed by atoms with Crippen molar-refractivity contribution in [3.05, 3.63) is 77.0 Å². The number of benzene rings is 2. The standard InChI is InChI=1S/C27H31F3N4O3/c1-3-34-22(23(25(35)37-4-2)24(31-26(34)36)19-9-6-5-7-10-19)18-32-13-15-33(16-14-32)21-12-8-11-20(17-21)27(28,29)30/h5-12,17,24H,3-4,13-16,18H2,1-2H3,(H,31,36)/t24-/m0/s1. The topological polar surface area (TPSA) is 65.1 Å². The highest BCUT2D eigenvalue weighted by Crippen LogP contribution is 2.33. The normalized spacial score (nSPS) is 19.2. The van der Waals surface area contributed by atoms with Crippen LogP contribution in [0.3, 0.4) is 0 Å². The summed E-state index contributed by atoms with van der Waals surface area (Å²) in [6.07, 6.45) is -4.39. The molecule has 0 aromatic heterocycles. The zero-order valence-corrected chi connectivity index (χ0v) is 20.9. The van der Waals surface area contributed by atoms with Crippen LogP contribution < -0.4 is 10.2 Å². The number of likely N-dealkylation sites (N-methyl/N-ethyl adjacent to an activating group) is 1. The zero-order chi connectivity index (χ0) is 26.6. The van der Waals surface area contributed by atoms with Crippen LogP contribution in [-0.4, -0.2) is 67.7 Å². The third-order valence-electron chi connectivity index (χ3n) is 6.67. The Morgan fingerprint density at radius 2 is 1.73 bits per heavy atom. The molecule has 0 radical (unpaired) electrons. The first-order valence-electron chi connectivity index (χ1n) is 12.4. The quantitative estimate of drug-likeness (QED) is 0.552. The highest BCUT2D eigenvalue weighted by molar-refractivity contribution is 5.95. The van der Waals surface area contributed by atoms with Crippen molar-refractivity contribution < 1.29 is 27.5 Å². The number of nitrogens with zero attached hydrogens (tertiary/aromatic N) is 3. The first kappa shape index (κ1) is 26.5. The number of hydrogen-bond donors (Lipinski definition) is 1. The van der Waals surface area contributed by atoms with E-state index in [0.717, 1.165) is 11.6 Å². The van der Waals surface area contributed by atoms with E-state index in [0.29, 0.717) is 56.2 Å². The Balaban J connectivity index is 1.58. The lowest BCUT2D eigenvalue weighted by atomic mass is 9.94. The van der Waals surface area contributed by atoms with Gasteiger partial charge in [-0.3, -0.25) is 9.80 Å². The Morgan fingerprint density at radius 1 is 1.03 bits per heavy atom. The van der Waals surface area contributed by atoms with Crippen LogP contribution >= 0.6 is 0 Å². The van der Waals surface area contributed by atoms with Gasteiger partial charge in [-0.2, -0.15) is 13.2 Å². The SMILES string of the molecule is CCOC(=O)C1=C(CN2CCN(c3cccc(C(F)(F)F)c3)CC2)N(CC)C(=O)N[C@H]1c1ccccc1. The number of esters is 1. The first-order valence-corrected chi connectivity index (χ1v) is 12.4. The fourth-order valence-electron chi connectivity index (χ4n) is 4.81. The average molecular weight is 517 g/mol. The average Bonchev–Trinajstić information content (AvgIpc) is 2.89. The second-order valence-corrected chi connectivity index (χ2v) is 8.93. The molecule has 2 aromatic carbocycles. The predicted octanol–water partition coefficient (Wildman–Crippen LogP) is 4.43. The number of hydrogen-bond acceptors (Lipinski definition) is 5. The Morgan fingerprint density at radius 3 is 2.35 bits per heavy atom. The minimum absolute atomic E-state index is 0.201. The second-order valence-electron chi connectivity index (χ2n) is 8.93. The summed E-state index contributed by atoms with van der Waals surface area (Å²) in [5.74, 6) is -0.479. The molecule has 10 heteroatoms. The highest BCUT2D eigenvalue weighted by atomic mass is 19.4. The van der Waals surface area contributed by atoms with Gasteiger partial charge in [0, 0.05) is 50.7 Å². The molecule has 2 heterocycles. The summed E-state index contributed by atoms with van der Waals surface area (Å²) in [6, 6.07) is 13.7. The molecule has 0 saturated carbocycles. The van der Waals surface area contributed by atoms with Crippen LogP contribution in [0.25, 0.3) is 0 Å². The van der Waals surface area contributed by atoms with Gasteiger partial charge in [-0.05, 0) is 37.6 Å². The first-order chi connectivity index (χ1) is 17.7. The molecule has 1 N–H and O–H groups in total. The third-order valence-corrected chi connectivity index (χ3v) is 6.67. The van der Waals surface area contributed by atoms with Crippen LogP contribution in [0, 0.1) is 0 Å². The van der Waals surface area contributed by atoms with Gasteiger partial charge in [-0.25, -0.2) is 9.59 Å². The van der Waals surface area contributed by atoms with Crippen LogP contribution in [0.1, 0.15) is 31.0 Å². The van der Waals surface area contributed by atoms with Crippen molar-refractivity contribution in [3.8, 4) is 0 Å². The summed E-state index contributed by atoms with van der Waals surface area (Å²) < 4.78 is 44.9. The maximum atomic E-state index is 13.2. The lowest BCUT2D eigenvalue weighted by molar-refractivity contribution is -0.139. The van der Waals surface area contributed by atoms with Gasteiger partial charge in [0.05, 0.1) is 23.8 Å². The smallest absolute Gasteiger partial charge is 0.416 e. The van der Waals surface area contributed by atoms with Gasteiger partial charge in [-0.1, -0.05) is 36.4 Å². The molecule has 2 aromatic rings. The molecule has 1 fully saturated rings. The van der Waals surface area contributed by atoms with Crippen LogP contribution in [-0.2, 0) is 15.7 Å². The largest absolute Gasteiger partial charge is 0.463 e. The third kappa shape index (κ3) is 5.90. The molecule has 0 aliphatic carbocycles. The van der Waals surface area contributed by atoms with Crippen LogP contribution in [0.15, 0.2) is 65.9 Å². The van der Waals surface area contributed by atoms with Gasteiger partial charge in [0.2, 0.25) is 0 Å². The number of nitrogens with one attached hydrogen (secondary N) is 1. The highest BCUT2D eigenvalue weighted by Gasteiger charge is 2.38. The van der Waals surface area contributed by atoms with Crippen molar-refractivity contribution in [2.75, 3.05) is 50.8 Å². The number of ether oxygens (including phenoxy) is 1. The zero-order valence-electron chi connectivity index (χ0n) is 20.9. The van der Waals surface area contributed by atoms with Gasteiger partial charge >= 0.3 is 18.2 Å². The summed E-state index contributed by atoms with van der Waals surface area (Å²) in [7, 11) is 0. The summed E-state index contributed by atoms with van der Waals surface area (Å²) in [5.41, 5.74) is 1.62. The van der Waals surface area contributed by atoms with Gasteiger partial charge in [0.15, 0.2) is 0 Å². The van der Waals surface area contributed by atoms with E-state index in [1.165, 1.54) is 12.1 Å². The Kier molecular flexibility index (Phi) is 8.06. The fourth-order valence-corrected chi connectivity index (χ4v) is 4.81. The Labute approximate surface area is 214 Å². The van der Waals surface area contributed by atoms with E-state index in [2.05, 4.69) is 10.2 Å². The van der Waals surface area contributed by atoms with Crippen molar-refractivity contribution in [2.45, 2.75) is 26.1 Å². The molecular formula is C27H31F3N4O3. The summed E-state index contributed by atoms with van der Waals surface area (Å²) >= 11 is 0. The number of amides is 2. The van der Waals surface area contributed by atoms with E-state index in [1.807, 2.05) is 42.2 Å². The molecule has 1 atom stereocenters. The minimum Gasteiger partial charge on any atom is -0.463 e. The maximum absolute atomic E-state index is 13.2. The Bertz CT molecular complexity index is 1150. The van der Waals surface area contributed by atoms with E-state index in [1.54, 1.807) is 17.9 Å². The number of carbonyl (C=O) groups is 2. The summed E-state index contributed by atoms with van der Waals surface area (Å²) in [5, 5.41) is 2.95. The van der Waals surface area contributed by atoms with E-state index in [4.69, 9.17) is 4.74 Å². The number of carbonyl (C=O) groups excluding carboxylic acids is 2. The molecule has 0 bridgehead atoms. The van der Waals surface area contributed by atoms with Crippen molar-refractivity contribution >= 4 is 17.7 Å². The van der Waals surface area contributed by atoms with E-state index in [9.17, 15) is 22.8 Å². The van der Waals surface area contributed by atoms with Crippen molar-refractivity contribution in [2.24, 2.45) is 0 Å². The molecule has 2 aliphatic rings. The van der Waals surface area contributed by atoms with E-state index in [-0.39, 0.29) is 12.6 Å². The molecule has 0 unspecified atom stereocenters. The molecular weight excluding hydrogens is 485 g/mol. The van der Waals surface area contributed by atoms with Crippen LogP contribution in [0.5, 0.6) is 0 Å². The molecule has 7 nitrogen and oxygen atoms in total. The van der Waals surface area contributed by atoms with Crippen molar-refractivity contribution in [1.82, 2.24) is 15.1 Å². The lowest BCUT2D eigenvalue weighted by Gasteiger charge is -2.41. The molecule has 2 aliphatic heterocycles. The van der Waals surface area contributed by atoms with Crippen LogP contribution in [0.4, 0.5) is 23.7 Å². The van der Waals surface area contributed by atoms with Gasteiger partial charge in [0.25, 0.3) is 0 Å². The summed E-state index contributed by atoms with van der Waals surface area (Å²) in [4.78, 5) is 31.8. The molecule has 37 heavy (non-hydrogen) atoms. The van der Waals surface area contributed by atoms with E-state index >= 15 is 0 Å². The van der Waals surface area contributed by atoms with Gasteiger partial charge in [0.1, 0.15) is 0 Å². The van der Waals surface area contributed by atoms with Gasteiger partial charge < -0.3 is 15.0 Å². The molecule has 198 valence electrons. The molecule has 2 amide bonds. The molecule has 1 saturated heterocycles. The second kappa shape index (κ2) is 11.2. The molecule has 0 spiro atoms. The minimum atomic E-state index is -4.39. The predicted molar refractivity (Wildman–Crippen MR) is 134 cm³/mol. The monoisotopic (exact) mass is 516 g/mol. The van der Waals surface area contributed by atoms with Crippen molar-refractivity contribution in [3.63, 3.8) is 0 Å². The number of piperazine rings is 1.